The average molecular weight is 419 g/mol. The zero-order chi connectivity index (χ0) is 22.1. The van der Waals surface area contributed by atoms with E-state index in [1.807, 2.05) is 31.2 Å². The lowest BCUT2D eigenvalue weighted by molar-refractivity contribution is -0.134. The third kappa shape index (κ3) is 6.82. The van der Waals surface area contributed by atoms with Gasteiger partial charge in [-0.1, -0.05) is 88.9 Å². The van der Waals surface area contributed by atoms with E-state index in [4.69, 9.17) is 4.74 Å². The molecular formula is C29H38O2. The minimum absolute atomic E-state index is 0.169. The maximum Gasteiger partial charge on any atom is 0.311 e. The first-order valence-electron chi connectivity index (χ1n) is 12.2. The van der Waals surface area contributed by atoms with Crippen molar-refractivity contribution in [2.75, 3.05) is 0 Å². The molecule has 0 fully saturated rings. The van der Waals surface area contributed by atoms with Gasteiger partial charge in [0.25, 0.3) is 0 Å². The Bertz CT molecular complexity index is 845. The molecule has 2 aromatic rings. The highest BCUT2D eigenvalue weighted by atomic mass is 16.5. The minimum Gasteiger partial charge on any atom is -0.427 e. The smallest absolute Gasteiger partial charge is 0.311 e. The van der Waals surface area contributed by atoms with Crippen LogP contribution in [0.4, 0.5) is 0 Å². The Morgan fingerprint density at radius 3 is 2.16 bits per heavy atom. The molecule has 0 saturated heterocycles. The maximum atomic E-state index is 11.6. The molecule has 166 valence electrons. The van der Waals surface area contributed by atoms with Gasteiger partial charge in [0, 0.05) is 6.42 Å². The van der Waals surface area contributed by atoms with Crippen LogP contribution in [-0.2, 0) is 4.79 Å². The summed E-state index contributed by atoms with van der Waals surface area (Å²) in [7, 11) is 0. The van der Waals surface area contributed by atoms with Crippen molar-refractivity contribution in [3.05, 3.63) is 60.2 Å². The lowest BCUT2D eigenvalue weighted by atomic mass is 9.78. The molecule has 3 rings (SSSR count). The Hall–Kier alpha value is -2.35. The number of ether oxygens (including phenoxy) is 1. The summed E-state index contributed by atoms with van der Waals surface area (Å²) in [6, 6.07) is 16.7. The molecule has 1 aliphatic rings. The lowest BCUT2D eigenvalue weighted by Gasteiger charge is -2.27. The van der Waals surface area contributed by atoms with E-state index in [2.05, 4.69) is 44.2 Å². The van der Waals surface area contributed by atoms with Gasteiger partial charge in [0.05, 0.1) is 0 Å². The molecule has 2 nitrogen and oxygen atoms in total. The monoisotopic (exact) mass is 418 g/mol. The summed E-state index contributed by atoms with van der Waals surface area (Å²) in [5.74, 6) is 2.14. The van der Waals surface area contributed by atoms with Gasteiger partial charge in [-0.05, 0) is 71.9 Å². The fraction of sp³-hybridized carbons (Fsp3) is 0.483. The molecule has 0 aromatic heterocycles. The van der Waals surface area contributed by atoms with Crippen LogP contribution >= 0.6 is 0 Å². The van der Waals surface area contributed by atoms with E-state index < -0.39 is 0 Å². The van der Waals surface area contributed by atoms with Gasteiger partial charge in [0.2, 0.25) is 0 Å². The second kappa shape index (κ2) is 11.9. The van der Waals surface area contributed by atoms with Gasteiger partial charge in [-0.25, -0.2) is 0 Å². The van der Waals surface area contributed by atoms with Crippen LogP contribution in [0.1, 0.15) is 84.1 Å². The molecular weight excluding hydrogens is 380 g/mol. The molecule has 2 aromatic carbocycles. The number of carbonyl (C=O) groups excluding carboxylic acids is 1. The number of benzene rings is 2. The van der Waals surface area contributed by atoms with Gasteiger partial charge in [-0.3, -0.25) is 4.79 Å². The SMILES string of the molecule is CCCCCC(C)C1CC=C(c2ccc(-c3ccc(OC(=O)CCC)cc3)cc2)CC1. The number of esters is 1. The van der Waals surface area contributed by atoms with Crippen molar-refractivity contribution >= 4 is 11.5 Å². The molecule has 2 atom stereocenters. The molecule has 2 heteroatoms. The van der Waals surface area contributed by atoms with Crippen molar-refractivity contribution in [1.29, 1.82) is 0 Å². The lowest BCUT2D eigenvalue weighted by Crippen LogP contribution is -2.14. The predicted octanol–water partition coefficient (Wildman–Crippen LogP) is 8.46. The fourth-order valence-corrected chi connectivity index (χ4v) is 4.56. The van der Waals surface area contributed by atoms with E-state index >= 15 is 0 Å². The summed E-state index contributed by atoms with van der Waals surface area (Å²) >= 11 is 0. The Labute approximate surface area is 188 Å². The zero-order valence-corrected chi connectivity index (χ0v) is 19.5. The van der Waals surface area contributed by atoms with Crippen molar-refractivity contribution < 1.29 is 9.53 Å². The Kier molecular flexibility index (Phi) is 8.94. The molecule has 0 heterocycles. The normalized spacial score (nSPS) is 17.1. The maximum absolute atomic E-state index is 11.6. The van der Waals surface area contributed by atoms with Crippen molar-refractivity contribution in [1.82, 2.24) is 0 Å². The largest absolute Gasteiger partial charge is 0.427 e. The zero-order valence-electron chi connectivity index (χ0n) is 19.5. The van der Waals surface area contributed by atoms with Crippen LogP contribution < -0.4 is 4.74 Å². The van der Waals surface area contributed by atoms with Crippen molar-refractivity contribution in [3.63, 3.8) is 0 Å². The average Bonchev–Trinajstić information content (AvgIpc) is 2.80. The van der Waals surface area contributed by atoms with E-state index in [0.717, 1.165) is 23.8 Å². The van der Waals surface area contributed by atoms with Gasteiger partial charge < -0.3 is 4.74 Å². The molecule has 0 radical (unpaired) electrons. The van der Waals surface area contributed by atoms with Crippen LogP contribution in [0.3, 0.4) is 0 Å². The summed E-state index contributed by atoms with van der Waals surface area (Å²) in [5.41, 5.74) is 5.18. The second-order valence-electron chi connectivity index (χ2n) is 9.06. The number of carbonyl (C=O) groups is 1. The van der Waals surface area contributed by atoms with Crippen LogP contribution in [0.2, 0.25) is 0 Å². The van der Waals surface area contributed by atoms with Gasteiger partial charge >= 0.3 is 5.97 Å². The summed E-state index contributed by atoms with van der Waals surface area (Å²) < 4.78 is 5.35. The van der Waals surface area contributed by atoms with E-state index in [9.17, 15) is 4.79 Å². The highest BCUT2D eigenvalue weighted by Gasteiger charge is 2.20. The van der Waals surface area contributed by atoms with Gasteiger partial charge in [-0.15, -0.1) is 0 Å². The van der Waals surface area contributed by atoms with Crippen molar-refractivity contribution in [2.24, 2.45) is 11.8 Å². The highest BCUT2D eigenvalue weighted by Crippen LogP contribution is 2.36. The third-order valence-electron chi connectivity index (χ3n) is 6.65. The molecule has 31 heavy (non-hydrogen) atoms. The Balaban J connectivity index is 1.57. The number of hydrogen-bond acceptors (Lipinski definition) is 2. The number of hydrogen-bond donors (Lipinski definition) is 0. The standard InChI is InChI=1S/C29H38O2/c1-4-6-7-9-22(3)23-10-12-24(13-11-23)25-14-16-26(17-15-25)27-18-20-28(21-19-27)31-29(30)8-5-2/h12,14-23H,4-11,13H2,1-3H3. The number of rotatable bonds is 10. The van der Waals surface area contributed by atoms with Gasteiger partial charge in [0.15, 0.2) is 0 Å². The van der Waals surface area contributed by atoms with Crippen LogP contribution in [-0.4, -0.2) is 5.97 Å². The van der Waals surface area contributed by atoms with Crippen molar-refractivity contribution in [3.8, 4) is 16.9 Å². The van der Waals surface area contributed by atoms with Crippen LogP contribution in [0.25, 0.3) is 16.7 Å². The van der Waals surface area contributed by atoms with Crippen molar-refractivity contribution in [2.45, 2.75) is 78.6 Å². The first kappa shape index (κ1) is 23.3. The van der Waals surface area contributed by atoms with Crippen LogP contribution in [0.15, 0.2) is 54.6 Å². The molecule has 1 aliphatic carbocycles. The van der Waals surface area contributed by atoms with E-state index in [0.29, 0.717) is 12.2 Å². The highest BCUT2D eigenvalue weighted by molar-refractivity contribution is 5.73. The molecule has 0 N–H and O–H groups in total. The summed E-state index contributed by atoms with van der Waals surface area (Å²) in [6.45, 7) is 6.71. The molecule has 2 unspecified atom stereocenters. The van der Waals surface area contributed by atoms with E-state index in [1.165, 1.54) is 61.6 Å². The van der Waals surface area contributed by atoms with Gasteiger partial charge in [-0.2, -0.15) is 0 Å². The molecule has 0 bridgehead atoms. The Morgan fingerprint density at radius 1 is 0.935 bits per heavy atom. The third-order valence-corrected chi connectivity index (χ3v) is 6.65. The fourth-order valence-electron chi connectivity index (χ4n) is 4.56. The van der Waals surface area contributed by atoms with E-state index in [-0.39, 0.29) is 5.97 Å². The van der Waals surface area contributed by atoms with Crippen LogP contribution in [0.5, 0.6) is 5.75 Å². The summed E-state index contributed by atoms with van der Waals surface area (Å²) in [6.07, 6.45) is 12.9. The Morgan fingerprint density at radius 2 is 1.58 bits per heavy atom. The predicted molar refractivity (Wildman–Crippen MR) is 131 cm³/mol. The number of allylic oxidation sites excluding steroid dienone is 2. The quantitative estimate of drug-likeness (QED) is 0.220. The molecule has 0 spiro atoms. The molecule has 0 aliphatic heterocycles. The molecule has 0 amide bonds. The minimum atomic E-state index is -0.169. The topological polar surface area (TPSA) is 26.3 Å². The van der Waals surface area contributed by atoms with E-state index in [1.54, 1.807) is 0 Å². The van der Waals surface area contributed by atoms with Gasteiger partial charge in [0.1, 0.15) is 5.75 Å². The second-order valence-corrected chi connectivity index (χ2v) is 9.06. The summed E-state index contributed by atoms with van der Waals surface area (Å²) in [5, 5.41) is 0. The first-order chi connectivity index (χ1) is 15.1. The first-order valence-corrected chi connectivity index (χ1v) is 12.2. The number of unbranched alkanes of at least 4 members (excludes halogenated alkanes) is 2. The summed E-state index contributed by atoms with van der Waals surface area (Å²) in [4.78, 5) is 11.6. The molecule has 0 saturated carbocycles. The van der Waals surface area contributed by atoms with Crippen LogP contribution in [0, 0.1) is 11.8 Å².